The summed E-state index contributed by atoms with van der Waals surface area (Å²) in [6, 6.07) is 1.92. The van der Waals surface area contributed by atoms with Crippen LogP contribution in [0, 0.1) is 29.6 Å². The summed E-state index contributed by atoms with van der Waals surface area (Å²) in [6.45, 7) is 12.2. The van der Waals surface area contributed by atoms with Gasteiger partial charge in [0.2, 0.25) is 0 Å². The number of hydrogen-bond donors (Lipinski definition) is 1. The second-order valence-electron chi connectivity index (χ2n) is 10.2. The van der Waals surface area contributed by atoms with Crippen molar-refractivity contribution >= 4 is 0 Å². The monoisotopic (exact) mass is 342 g/mol. The zero-order valence-corrected chi connectivity index (χ0v) is 16.8. The predicted molar refractivity (Wildman–Crippen MR) is 102 cm³/mol. The first-order chi connectivity index (χ1) is 11.6. The first kappa shape index (κ1) is 17.2. The van der Waals surface area contributed by atoms with Crippen molar-refractivity contribution in [3.8, 4) is 11.5 Å². The molecule has 0 unspecified atom stereocenters. The molecule has 2 heteroatoms. The minimum atomic E-state index is 0.221. The van der Waals surface area contributed by atoms with E-state index in [0.29, 0.717) is 22.5 Å². The van der Waals surface area contributed by atoms with Crippen LogP contribution in [-0.4, -0.2) is 12.2 Å². The normalized spacial score (nSPS) is 38.6. The lowest BCUT2D eigenvalue weighted by Gasteiger charge is -2.61. The number of benzene rings is 1. The highest BCUT2D eigenvalue weighted by molar-refractivity contribution is 5.59. The molecule has 138 valence electrons. The second-order valence-corrected chi connectivity index (χ2v) is 10.2. The van der Waals surface area contributed by atoms with Crippen LogP contribution in [0.15, 0.2) is 6.07 Å². The summed E-state index contributed by atoms with van der Waals surface area (Å²) >= 11 is 0. The van der Waals surface area contributed by atoms with Gasteiger partial charge in [-0.2, -0.15) is 0 Å². The molecule has 2 nitrogen and oxygen atoms in total. The van der Waals surface area contributed by atoms with Gasteiger partial charge in [0.05, 0.1) is 7.11 Å². The predicted octanol–water partition coefficient (Wildman–Crippen LogP) is 5.77. The molecule has 3 aliphatic carbocycles. The fraction of sp³-hybridized carbons (Fsp3) is 0.739. The Balaban J connectivity index is 1.88. The van der Waals surface area contributed by atoms with Gasteiger partial charge in [0.1, 0.15) is 0 Å². The molecule has 3 aliphatic rings. The Morgan fingerprint density at radius 3 is 2.48 bits per heavy atom. The third-order valence-electron chi connectivity index (χ3n) is 8.53. The van der Waals surface area contributed by atoms with Gasteiger partial charge in [-0.25, -0.2) is 0 Å². The molecule has 0 aromatic heterocycles. The molecule has 2 fully saturated rings. The lowest BCUT2D eigenvalue weighted by molar-refractivity contribution is -0.0983. The number of fused-ring (bicyclic) bond motifs is 5. The first-order valence-electron chi connectivity index (χ1n) is 10.0. The molecule has 2 saturated carbocycles. The van der Waals surface area contributed by atoms with Gasteiger partial charge < -0.3 is 9.84 Å². The maximum Gasteiger partial charge on any atom is 0.163 e. The lowest BCUT2D eigenvalue weighted by atomic mass is 9.43. The summed E-state index contributed by atoms with van der Waals surface area (Å²) < 4.78 is 5.65. The molecule has 4 rings (SSSR count). The molecule has 0 aliphatic heterocycles. The van der Waals surface area contributed by atoms with E-state index in [1.807, 2.05) is 6.07 Å². The van der Waals surface area contributed by atoms with E-state index < -0.39 is 0 Å². The second kappa shape index (κ2) is 5.18. The van der Waals surface area contributed by atoms with E-state index in [0.717, 1.165) is 18.1 Å². The van der Waals surface area contributed by atoms with Crippen molar-refractivity contribution in [3.05, 3.63) is 22.8 Å². The van der Waals surface area contributed by atoms with Crippen LogP contribution in [0.1, 0.15) is 76.5 Å². The summed E-state index contributed by atoms with van der Waals surface area (Å²) in [4.78, 5) is 0. The minimum absolute atomic E-state index is 0.221. The molecule has 25 heavy (non-hydrogen) atoms. The van der Waals surface area contributed by atoms with Gasteiger partial charge in [-0.05, 0) is 84.3 Å². The van der Waals surface area contributed by atoms with Crippen LogP contribution in [0.3, 0.4) is 0 Å². The number of ether oxygens (including phenoxy) is 1. The van der Waals surface area contributed by atoms with Crippen molar-refractivity contribution in [3.63, 3.8) is 0 Å². The SMILES string of the molecule is COc1c(O)cc(C)c2c1C[C@H]1[C@@]3(C)CCCC(C)(C)[C@@H]3CC[C@]21C. The van der Waals surface area contributed by atoms with E-state index in [4.69, 9.17) is 4.74 Å². The van der Waals surface area contributed by atoms with E-state index in [1.165, 1.54) is 48.8 Å². The summed E-state index contributed by atoms with van der Waals surface area (Å²) in [5.74, 6) is 2.50. The zero-order valence-electron chi connectivity index (χ0n) is 16.8. The van der Waals surface area contributed by atoms with Gasteiger partial charge in [0.15, 0.2) is 11.5 Å². The summed E-state index contributed by atoms with van der Waals surface area (Å²) in [6.07, 6.45) is 7.73. The molecule has 0 saturated heterocycles. The van der Waals surface area contributed by atoms with Gasteiger partial charge in [0.25, 0.3) is 0 Å². The third kappa shape index (κ3) is 2.09. The van der Waals surface area contributed by atoms with Gasteiger partial charge in [-0.1, -0.05) is 34.1 Å². The number of rotatable bonds is 1. The zero-order chi connectivity index (χ0) is 18.2. The van der Waals surface area contributed by atoms with Crippen molar-refractivity contribution < 1.29 is 9.84 Å². The topological polar surface area (TPSA) is 29.5 Å². The molecular formula is C23H34O2. The Hall–Kier alpha value is -1.18. The van der Waals surface area contributed by atoms with E-state index >= 15 is 0 Å². The van der Waals surface area contributed by atoms with Crippen LogP contribution >= 0.6 is 0 Å². The number of aromatic hydroxyl groups is 1. The quantitative estimate of drug-likeness (QED) is 0.702. The number of methoxy groups -OCH3 is 1. The first-order valence-corrected chi connectivity index (χ1v) is 10.0. The highest BCUT2D eigenvalue weighted by atomic mass is 16.5. The Morgan fingerprint density at radius 2 is 1.80 bits per heavy atom. The van der Waals surface area contributed by atoms with Crippen LogP contribution in [0.25, 0.3) is 0 Å². The fourth-order valence-electron chi connectivity index (χ4n) is 7.68. The van der Waals surface area contributed by atoms with Crippen molar-refractivity contribution in [2.75, 3.05) is 7.11 Å². The highest BCUT2D eigenvalue weighted by Crippen LogP contribution is 2.68. The number of hydrogen-bond acceptors (Lipinski definition) is 2. The van der Waals surface area contributed by atoms with Crippen molar-refractivity contribution in [1.29, 1.82) is 0 Å². The van der Waals surface area contributed by atoms with Crippen LogP contribution in [-0.2, 0) is 11.8 Å². The molecule has 1 N–H and O–H groups in total. The minimum Gasteiger partial charge on any atom is -0.504 e. The van der Waals surface area contributed by atoms with E-state index in [1.54, 1.807) is 7.11 Å². The average Bonchev–Trinajstić information content (AvgIpc) is 2.81. The van der Waals surface area contributed by atoms with Crippen LogP contribution in [0.5, 0.6) is 11.5 Å². The number of phenols is 1. The molecule has 1 aromatic rings. The van der Waals surface area contributed by atoms with Crippen molar-refractivity contribution in [2.45, 2.75) is 78.6 Å². The Labute approximate surface area is 153 Å². The van der Waals surface area contributed by atoms with Gasteiger partial charge in [-0.3, -0.25) is 0 Å². The molecule has 0 bridgehead atoms. The molecule has 0 heterocycles. The molecule has 0 spiro atoms. The Bertz CT molecular complexity index is 719. The van der Waals surface area contributed by atoms with E-state index in [9.17, 15) is 5.11 Å². The van der Waals surface area contributed by atoms with Crippen LogP contribution in [0.2, 0.25) is 0 Å². The Kier molecular flexibility index (Phi) is 3.57. The number of aryl methyl sites for hydroxylation is 1. The maximum absolute atomic E-state index is 10.4. The smallest absolute Gasteiger partial charge is 0.163 e. The van der Waals surface area contributed by atoms with Gasteiger partial charge in [-0.15, -0.1) is 0 Å². The van der Waals surface area contributed by atoms with Crippen LogP contribution in [0.4, 0.5) is 0 Å². The Morgan fingerprint density at radius 1 is 1.08 bits per heavy atom. The maximum atomic E-state index is 10.4. The van der Waals surface area contributed by atoms with Crippen LogP contribution < -0.4 is 4.74 Å². The van der Waals surface area contributed by atoms with E-state index in [2.05, 4.69) is 34.6 Å². The fourth-order valence-corrected chi connectivity index (χ4v) is 7.68. The van der Waals surface area contributed by atoms with E-state index in [-0.39, 0.29) is 5.41 Å². The van der Waals surface area contributed by atoms with Gasteiger partial charge >= 0.3 is 0 Å². The summed E-state index contributed by atoms with van der Waals surface area (Å²) in [5, 5.41) is 10.4. The summed E-state index contributed by atoms with van der Waals surface area (Å²) in [7, 11) is 1.70. The van der Waals surface area contributed by atoms with Crippen molar-refractivity contribution in [2.24, 2.45) is 22.7 Å². The number of phenolic OH excluding ortho intramolecular Hbond substituents is 1. The third-order valence-corrected chi connectivity index (χ3v) is 8.53. The lowest BCUT2D eigenvalue weighted by Crippen LogP contribution is -2.55. The standard InChI is InChI=1S/C23H34O2/c1-14-12-16(24)20(25-6)15-13-18-22(4)10-7-9-21(2,3)17(22)8-11-23(18,5)19(14)15/h12,17-18,24H,7-11,13H2,1-6H3/t17-,18-,22-,23-/m0/s1. The summed E-state index contributed by atoms with van der Waals surface area (Å²) in [5.41, 5.74) is 5.08. The molecule has 4 atom stereocenters. The largest absolute Gasteiger partial charge is 0.504 e. The average molecular weight is 343 g/mol. The highest BCUT2D eigenvalue weighted by Gasteiger charge is 2.61. The molecule has 1 aromatic carbocycles. The molecule has 0 amide bonds. The molecule has 0 radical (unpaired) electrons. The molecular weight excluding hydrogens is 308 g/mol. The van der Waals surface area contributed by atoms with Crippen molar-refractivity contribution in [1.82, 2.24) is 0 Å². The van der Waals surface area contributed by atoms with Gasteiger partial charge in [0, 0.05) is 5.56 Å².